The van der Waals surface area contributed by atoms with Gasteiger partial charge < -0.3 is 5.32 Å². The van der Waals surface area contributed by atoms with E-state index in [2.05, 4.69) is 24.4 Å². The monoisotopic (exact) mass is 380 g/mol. The molecule has 29 heavy (non-hydrogen) atoms. The molecular formula is C26H24N2O. The minimum absolute atomic E-state index is 0.111. The SMILES string of the molecule is CCc1ccc2nc(-c3ccccc3)cc(C(=O)Nc3c(C)cccc3C)c2c1. The van der Waals surface area contributed by atoms with Gasteiger partial charge in [0.1, 0.15) is 0 Å². The highest BCUT2D eigenvalue weighted by Gasteiger charge is 2.16. The topological polar surface area (TPSA) is 42.0 Å². The van der Waals surface area contributed by atoms with Crippen LogP contribution in [0, 0.1) is 13.8 Å². The summed E-state index contributed by atoms with van der Waals surface area (Å²) in [7, 11) is 0. The highest BCUT2D eigenvalue weighted by molar-refractivity contribution is 6.13. The molecule has 0 saturated carbocycles. The van der Waals surface area contributed by atoms with Crippen LogP contribution in [0.2, 0.25) is 0 Å². The summed E-state index contributed by atoms with van der Waals surface area (Å²) >= 11 is 0. The average Bonchev–Trinajstić information content (AvgIpc) is 2.75. The number of amides is 1. The maximum Gasteiger partial charge on any atom is 0.256 e. The molecule has 3 nitrogen and oxygen atoms in total. The van der Waals surface area contributed by atoms with E-state index in [1.165, 1.54) is 5.56 Å². The van der Waals surface area contributed by atoms with Crippen molar-refractivity contribution in [1.82, 2.24) is 4.98 Å². The Labute approximate surface area is 171 Å². The number of rotatable bonds is 4. The second-order valence-corrected chi connectivity index (χ2v) is 7.35. The molecule has 0 fully saturated rings. The molecule has 0 radical (unpaired) electrons. The molecule has 3 aromatic carbocycles. The van der Waals surface area contributed by atoms with Crippen molar-refractivity contribution in [2.45, 2.75) is 27.2 Å². The van der Waals surface area contributed by atoms with Gasteiger partial charge in [-0.05, 0) is 55.2 Å². The molecule has 0 aliphatic heterocycles. The van der Waals surface area contributed by atoms with Gasteiger partial charge in [0.05, 0.1) is 16.8 Å². The third kappa shape index (κ3) is 3.77. The van der Waals surface area contributed by atoms with E-state index in [9.17, 15) is 4.79 Å². The lowest BCUT2D eigenvalue weighted by molar-refractivity contribution is 0.102. The number of pyridine rings is 1. The molecule has 1 aromatic heterocycles. The molecule has 144 valence electrons. The predicted octanol–water partition coefficient (Wildman–Crippen LogP) is 6.33. The number of hydrogen-bond donors (Lipinski definition) is 1. The van der Waals surface area contributed by atoms with E-state index in [-0.39, 0.29) is 5.91 Å². The molecule has 0 saturated heterocycles. The lowest BCUT2D eigenvalue weighted by Gasteiger charge is -2.14. The van der Waals surface area contributed by atoms with Crippen LogP contribution < -0.4 is 5.32 Å². The average molecular weight is 380 g/mol. The van der Waals surface area contributed by atoms with Gasteiger partial charge in [-0.25, -0.2) is 4.98 Å². The number of nitrogens with zero attached hydrogens (tertiary/aromatic N) is 1. The van der Waals surface area contributed by atoms with E-state index >= 15 is 0 Å². The van der Waals surface area contributed by atoms with Crippen LogP contribution in [0.25, 0.3) is 22.2 Å². The third-order valence-corrected chi connectivity index (χ3v) is 5.32. The maximum atomic E-state index is 13.4. The summed E-state index contributed by atoms with van der Waals surface area (Å²) in [5.74, 6) is -0.111. The predicted molar refractivity (Wildman–Crippen MR) is 120 cm³/mol. The fraction of sp³-hybridized carbons (Fsp3) is 0.154. The van der Waals surface area contributed by atoms with Crippen molar-refractivity contribution in [2.24, 2.45) is 0 Å². The molecule has 1 amide bonds. The first-order valence-electron chi connectivity index (χ1n) is 9.93. The van der Waals surface area contributed by atoms with Gasteiger partial charge in [0.25, 0.3) is 5.91 Å². The molecule has 0 spiro atoms. The number of hydrogen-bond acceptors (Lipinski definition) is 2. The molecule has 4 aromatic rings. The number of nitrogens with one attached hydrogen (secondary N) is 1. The third-order valence-electron chi connectivity index (χ3n) is 5.32. The number of benzene rings is 3. The molecule has 1 N–H and O–H groups in total. The second kappa shape index (κ2) is 7.88. The number of anilines is 1. The van der Waals surface area contributed by atoms with Crippen molar-refractivity contribution >= 4 is 22.5 Å². The minimum Gasteiger partial charge on any atom is -0.321 e. The highest BCUT2D eigenvalue weighted by atomic mass is 16.1. The van der Waals surface area contributed by atoms with Crippen LogP contribution >= 0.6 is 0 Å². The zero-order chi connectivity index (χ0) is 20.4. The van der Waals surface area contributed by atoms with E-state index in [1.54, 1.807) is 0 Å². The smallest absolute Gasteiger partial charge is 0.256 e. The van der Waals surface area contributed by atoms with Gasteiger partial charge in [-0.1, -0.05) is 61.5 Å². The van der Waals surface area contributed by atoms with E-state index < -0.39 is 0 Å². The van der Waals surface area contributed by atoms with Crippen molar-refractivity contribution < 1.29 is 4.79 Å². The lowest BCUT2D eigenvalue weighted by atomic mass is 10.0. The van der Waals surface area contributed by atoms with E-state index in [4.69, 9.17) is 4.98 Å². The second-order valence-electron chi connectivity index (χ2n) is 7.35. The lowest BCUT2D eigenvalue weighted by Crippen LogP contribution is -2.15. The van der Waals surface area contributed by atoms with Crippen LogP contribution in [-0.2, 0) is 6.42 Å². The van der Waals surface area contributed by atoms with Gasteiger partial charge in [0, 0.05) is 16.6 Å². The highest BCUT2D eigenvalue weighted by Crippen LogP contribution is 2.28. The van der Waals surface area contributed by atoms with Crippen LogP contribution in [0.4, 0.5) is 5.69 Å². The van der Waals surface area contributed by atoms with Crippen molar-refractivity contribution in [1.29, 1.82) is 0 Å². The maximum absolute atomic E-state index is 13.4. The minimum atomic E-state index is -0.111. The Balaban J connectivity index is 1.87. The first kappa shape index (κ1) is 18.9. The van der Waals surface area contributed by atoms with Gasteiger partial charge in [-0.2, -0.15) is 0 Å². The standard InChI is InChI=1S/C26H24N2O/c1-4-19-13-14-23-21(15-19)22(16-24(27-23)20-11-6-5-7-12-20)26(29)28-25-17(2)9-8-10-18(25)3/h5-16H,4H2,1-3H3,(H,28,29). The summed E-state index contributed by atoms with van der Waals surface area (Å²) in [6.45, 7) is 6.14. The van der Waals surface area contributed by atoms with Gasteiger partial charge >= 0.3 is 0 Å². The number of aryl methyl sites for hydroxylation is 3. The number of carbonyl (C=O) groups excluding carboxylic acids is 1. The van der Waals surface area contributed by atoms with Crippen LogP contribution in [-0.4, -0.2) is 10.9 Å². The molecule has 0 unspecified atom stereocenters. The van der Waals surface area contributed by atoms with Crippen molar-refractivity contribution in [3.8, 4) is 11.3 Å². The molecule has 3 heteroatoms. The molecular weight excluding hydrogens is 356 g/mol. The Bertz CT molecular complexity index is 1180. The number of aromatic nitrogens is 1. The first-order valence-corrected chi connectivity index (χ1v) is 9.93. The number of para-hydroxylation sites is 1. The molecule has 0 aliphatic carbocycles. The fourth-order valence-electron chi connectivity index (χ4n) is 3.63. The fourth-order valence-corrected chi connectivity index (χ4v) is 3.63. The molecule has 4 rings (SSSR count). The normalized spacial score (nSPS) is 10.9. The van der Waals surface area contributed by atoms with Crippen molar-refractivity contribution in [3.05, 3.63) is 95.1 Å². The molecule has 0 aliphatic rings. The summed E-state index contributed by atoms with van der Waals surface area (Å²) < 4.78 is 0. The zero-order valence-electron chi connectivity index (χ0n) is 17.0. The number of fused-ring (bicyclic) bond motifs is 1. The van der Waals surface area contributed by atoms with Gasteiger partial charge in [-0.3, -0.25) is 4.79 Å². The van der Waals surface area contributed by atoms with Gasteiger partial charge in [0.15, 0.2) is 0 Å². The summed E-state index contributed by atoms with van der Waals surface area (Å²) in [6, 6.07) is 24.1. The van der Waals surface area contributed by atoms with E-state index in [0.29, 0.717) is 5.56 Å². The van der Waals surface area contributed by atoms with Gasteiger partial charge in [-0.15, -0.1) is 0 Å². The molecule has 0 bridgehead atoms. The summed E-state index contributed by atoms with van der Waals surface area (Å²) in [6.07, 6.45) is 0.911. The Kier molecular flexibility index (Phi) is 5.13. The van der Waals surface area contributed by atoms with Gasteiger partial charge in [0.2, 0.25) is 0 Å². The van der Waals surface area contributed by atoms with E-state index in [1.807, 2.05) is 74.5 Å². The Hall–Kier alpha value is -3.46. The molecule has 0 atom stereocenters. The molecule has 1 heterocycles. The van der Waals surface area contributed by atoms with E-state index in [0.717, 1.165) is 45.4 Å². The Morgan fingerprint density at radius 2 is 1.62 bits per heavy atom. The Morgan fingerprint density at radius 3 is 2.31 bits per heavy atom. The summed E-state index contributed by atoms with van der Waals surface area (Å²) in [5, 5.41) is 4.02. The van der Waals surface area contributed by atoms with Crippen LogP contribution in [0.15, 0.2) is 72.8 Å². The quantitative estimate of drug-likeness (QED) is 0.449. The summed E-state index contributed by atoms with van der Waals surface area (Å²) in [5.41, 5.74) is 7.43. The number of carbonyl (C=O) groups is 1. The van der Waals surface area contributed by atoms with Crippen molar-refractivity contribution in [2.75, 3.05) is 5.32 Å². The largest absolute Gasteiger partial charge is 0.321 e. The Morgan fingerprint density at radius 1 is 0.897 bits per heavy atom. The van der Waals surface area contributed by atoms with Crippen LogP contribution in [0.5, 0.6) is 0 Å². The first-order chi connectivity index (χ1) is 14.1. The summed E-state index contributed by atoms with van der Waals surface area (Å²) in [4.78, 5) is 18.2. The van der Waals surface area contributed by atoms with Crippen LogP contribution in [0.3, 0.4) is 0 Å². The zero-order valence-corrected chi connectivity index (χ0v) is 17.0. The van der Waals surface area contributed by atoms with Crippen LogP contribution in [0.1, 0.15) is 34.0 Å². The van der Waals surface area contributed by atoms with Crippen molar-refractivity contribution in [3.63, 3.8) is 0 Å².